The molecule has 2 aromatic heterocycles. The van der Waals surface area contributed by atoms with Crippen molar-refractivity contribution in [3.63, 3.8) is 0 Å². The van der Waals surface area contributed by atoms with E-state index in [2.05, 4.69) is 4.98 Å². The first kappa shape index (κ1) is 19.7. The second-order valence-corrected chi connectivity index (χ2v) is 8.29. The topological polar surface area (TPSA) is 60.1 Å². The summed E-state index contributed by atoms with van der Waals surface area (Å²) >= 11 is 0. The Labute approximate surface area is 177 Å². The van der Waals surface area contributed by atoms with E-state index in [1.165, 1.54) is 16.7 Å². The Bertz CT molecular complexity index is 1210. The number of pyridine rings is 1. The van der Waals surface area contributed by atoms with Crippen LogP contribution in [0.25, 0.3) is 5.69 Å². The van der Waals surface area contributed by atoms with Gasteiger partial charge in [0.15, 0.2) is 0 Å². The molecule has 1 fully saturated rings. The highest BCUT2D eigenvalue weighted by Gasteiger charge is 2.38. The fourth-order valence-electron chi connectivity index (χ4n) is 4.99. The minimum atomic E-state index is -0.607. The highest BCUT2D eigenvalue weighted by Crippen LogP contribution is 2.39. The molecular formula is C23H22F2N4O2. The fourth-order valence-corrected chi connectivity index (χ4v) is 4.99. The third kappa shape index (κ3) is 3.36. The highest BCUT2D eigenvalue weighted by atomic mass is 19.1. The summed E-state index contributed by atoms with van der Waals surface area (Å²) in [6.07, 6.45) is 5.76. The van der Waals surface area contributed by atoms with Crippen molar-refractivity contribution < 1.29 is 13.6 Å². The Morgan fingerprint density at radius 3 is 2.52 bits per heavy atom. The molecule has 31 heavy (non-hydrogen) atoms. The quantitative estimate of drug-likeness (QED) is 0.648. The van der Waals surface area contributed by atoms with Gasteiger partial charge in [-0.3, -0.25) is 9.59 Å². The molecule has 5 rings (SSSR count). The van der Waals surface area contributed by atoms with Crippen LogP contribution in [0.2, 0.25) is 0 Å². The van der Waals surface area contributed by atoms with Gasteiger partial charge in [0.25, 0.3) is 11.5 Å². The lowest BCUT2D eigenvalue weighted by Crippen LogP contribution is -2.50. The van der Waals surface area contributed by atoms with Gasteiger partial charge in [-0.25, -0.2) is 13.8 Å². The van der Waals surface area contributed by atoms with Crippen molar-refractivity contribution in [1.82, 2.24) is 19.0 Å². The third-order valence-corrected chi connectivity index (χ3v) is 6.38. The van der Waals surface area contributed by atoms with E-state index >= 15 is 0 Å². The van der Waals surface area contributed by atoms with Crippen LogP contribution in [0.3, 0.4) is 0 Å². The number of aryl methyl sites for hydroxylation is 1. The van der Waals surface area contributed by atoms with E-state index in [9.17, 15) is 18.4 Å². The molecule has 6 nitrogen and oxygen atoms in total. The number of nitrogens with zero attached hydrogens (tertiary/aromatic N) is 4. The highest BCUT2D eigenvalue weighted by molar-refractivity contribution is 5.93. The number of hydrogen-bond donors (Lipinski definition) is 0. The summed E-state index contributed by atoms with van der Waals surface area (Å²) in [5, 5.41) is 0. The number of aromatic nitrogens is 3. The first-order valence-corrected chi connectivity index (χ1v) is 10.4. The average molecular weight is 424 g/mol. The predicted molar refractivity (Wildman–Crippen MR) is 110 cm³/mol. The molecular weight excluding hydrogens is 402 g/mol. The second kappa shape index (κ2) is 7.44. The maximum Gasteiger partial charge on any atom is 0.275 e. The Balaban J connectivity index is 1.47. The van der Waals surface area contributed by atoms with Gasteiger partial charge in [-0.05, 0) is 49.6 Å². The molecule has 0 saturated heterocycles. The molecule has 0 N–H and O–H groups in total. The Morgan fingerprint density at radius 1 is 1.03 bits per heavy atom. The van der Waals surface area contributed by atoms with Crippen molar-refractivity contribution in [1.29, 1.82) is 0 Å². The molecule has 3 aromatic rings. The van der Waals surface area contributed by atoms with Crippen LogP contribution in [0.1, 0.15) is 46.9 Å². The minimum absolute atomic E-state index is 0.124. The van der Waals surface area contributed by atoms with Gasteiger partial charge in [-0.15, -0.1) is 0 Å². The summed E-state index contributed by atoms with van der Waals surface area (Å²) in [5.74, 6) is -1.55. The molecule has 160 valence electrons. The summed E-state index contributed by atoms with van der Waals surface area (Å²) < 4.78 is 30.7. The van der Waals surface area contributed by atoms with Crippen LogP contribution in [-0.4, -0.2) is 37.5 Å². The number of carbonyl (C=O) groups excluding carboxylic acids is 1. The average Bonchev–Trinajstić information content (AvgIpc) is 3.37. The number of fused-ring (bicyclic) bond motifs is 1. The van der Waals surface area contributed by atoms with Gasteiger partial charge < -0.3 is 14.0 Å². The number of rotatable bonds is 3. The first-order chi connectivity index (χ1) is 14.9. The van der Waals surface area contributed by atoms with Gasteiger partial charge in [0.05, 0.1) is 12.0 Å². The van der Waals surface area contributed by atoms with Gasteiger partial charge in [0.1, 0.15) is 23.0 Å². The van der Waals surface area contributed by atoms with Crippen LogP contribution in [-0.2, 0) is 6.54 Å². The van der Waals surface area contributed by atoms with E-state index in [0.717, 1.165) is 31.0 Å². The zero-order valence-corrected chi connectivity index (χ0v) is 17.1. The molecule has 2 unspecified atom stereocenters. The second-order valence-electron chi connectivity index (χ2n) is 8.29. The van der Waals surface area contributed by atoms with Crippen molar-refractivity contribution in [2.75, 3.05) is 6.54 Å². The van der Waals surface area contributed by atoms with Crippen LogP contribution in [0.15, 0.2) is 47.7 Å². The number of halogens is 2. The molecule has 1 aliphatic carbocycles. The minimum Gasteiger partial charge on any atom is -0.332 e. The maximum absolute atomic E-state index is 13.8. The zero-order valence-electron chi connectivity index (χ0n) is 17.1. The Hall–Kier alpha value is -3.29. The molecule has 3 heterocycles. The van der Waals surface area contributed by atoms with E-state index in [1.807, 2.05) is 6.92 Å². The summed E-state index contributed by atoms with van der Waals surface area (Å²) in [7, 11) is 0. The smallest absolute Gasteiger partial charge is 0.275 e. The van der Waals surface area contributed by atoms with E-state index < -0.39 is 11.6 Å². The molecule has 1 amide bonds. The van der Waals surface area contributed by atoms with E-state index in [1.54, 1.807) is 34.1 Å². The largest absolute Gasteiger partial charge is 0.332 e. The van der Waals surface area contributed by atoms with Gasteiger partial charge in [0, 0.05) is 37.3 Å². The number of imidazole rings is 1. The maximum atomic E-state index is 13.8. The monoisotopic (exact) mass is 424 g/mol. The van der Waals surface area contributed by atoms with Gasteiger partial charge in [0.2, 0.25) is 0 Å². The SMILES string of the molecule is Cc1cn(-c2ccc3n(c2=O)CCN(C2CCCC2c2cc(F)cc(F)c2)C3=O)cn1. The molecule has 0 spiro atoms. The van der Waals surface area contributed by atoms with Crippen molar-refractivity contribution in [2.45, 2.75) is 44.7 Å². The molecule has 2 atom stereocenters. The molecule has 0 radical (unpaired) electrons. The summed E-state index contributed by atoms with van der Waals surface area (Å²) in [4.78, 5) is 32.3. The lowest BCUT2D eigenvalue weighted by molar-refractivity contribution is 0.0600. The molecule has 0 bridgehead atoms. The molecule has 2 aliphatic rings. The zero-order chi connectivity index (χ0) is 21.7. The standard InChI is InChI=1S/C23H22F2N4O2/c1-14-12-27(13-26-14)20-5-6-21-23(31)28(7-8-29(21)22(20)30)19-4-2-3-18(19)15-9-16(24)11-17(25)10-15/h5-6,9-13,18-19H,2-4,7-8H2,1H3. The lowest BCUT2D eigenvalue weighted by atomic mass is 9.92. The summed E-state index contributed by atoms with van der Waals surface area (Å²) in [5.41, 5.74) is 1.93. The predicted octanol–water partition coefficient (Wildman–Crippen LogP) is 3.41. The van der Waals surface area contributed by atoms with Crippen molar-refractivity contribution in [2.24, 2.45) is 0 Å². The number of carbonyl (C=O) groups is 1. The lowest BCUT2D eigenvalue weighted by Gasteiger charge is -2.37. The Morgan fingerprint density at radius 2 is 1.81 bits per heavy atom. The number of benzene rings is 1. The normalized spacial score (nSPS) is 20.9. The van der Waals surface area contributed by atoms with Gasteiger partial charge in [-0.2, -0.15) is 0 Å². The fraction of sp³-hybridized carbons (Fsp3) is 0.348. The van der Waals surface area contributed by atoms with Crippen LogP contribution in [0, 0.1) is 18.6 Å². The van der Waals surface area contributed by atoms with Crippen molar-refractivity contribution in [3.05, 3.63) is 81.8 Å². The van der Waals surface area contributed by atoms with E-state index in [0.29, 0.717) is 30.0 Å². The number of hydrogen-bond acceptors (Lipinski definition) is 3. The molecule has 1 aromatic carbocycles. The van der Waals surface area contributed by atoms with Crippen molar-refractivity contribution in [3.8, 4) is 5.69 Å². The molecule has 8 heteroatoms. The van der Waals surface area contributed by atoms with Crippen LogP contribution < -0.4 is 5.56 Å². The van der Waals surface area contributed by atoms with Gasteiger partial charge in [-0.1, -0.05) is 6.42 Å². The first-order valence-electron chi connectivity index (χ1n) is 10.4. The van der Waals surface area contributed by atoms with Crippen molar-refractivity contribution >= 4 is 5.91 Å². The van der Waals surface area contributed by atoms with Crippen LogP contribution >= 0.6 is 0 Å². The molecule has 1 saturated carbocycles. The van der Waals surface area contributed by atoms with Crippen LogP contribution in [0.4, 0.5) is 8.78 Å². The Kier molecular flexibility index (Phi) is 4.72. The molecule has 1 aliphatic heterocycles. The summed E-state index contributed by atoms with van der Waals surface area (Å²) in [6, 6.07) is 6.75. The third-order valence-electron chi connectivity index (χ3n) is 6.38. The summed E-state index contributed by atoms with van der Waals surface area (Å²) in [6.45, 7) is 2.61. The number of amides is 1. The van der Waals surface area contributed by atoms with E-state index in [4.69, 9.17) is 0 Å². The van der Waals surface area contributed by atoms with Gasteiger partial charge >= 0.3 is 0 Å². The van der Waals surface area contributed by atoms with Crippen LogP contribution in [0.5, 0.6) is 0 Å². The van der Waals surface area contributed by atoms with E-state index in [-0.39, 0.29) is 23.4 Å².